The summed E-state index contributed by atoms with van der Waals surface area (Å²) in [6.45, 7) is 5.00. The lowest BCUT2D eigenvalue weighted by molar-refractivity contribution is 0.0951. The number of hydrogen-bond acceptors (Lipinski definition) is 6. The third-order valence-corrected chi connectivity index (χ3v) is 6.48. The first-order valence-corrected chi connectivity index (χ1v) is 12.5. The Morgan fingerprint density at radius 3 is 2.65 bits per heavy atom. The summed E-state index contributed by atoms with van der Waals surface area (Å²) in [5, 5.41) is 6.96. The molecular weight excluding hydrogens is 466 g/mol. The summed E-state index contributed by atoms with van der Waals surface area (Å²) in [5.41, 5.74) is 5.08. The standard InChI is InChI=1S/C29H27N5O3/c1-17(2)14-30-27-28-31-15-24(18-3-5-19(6-4-18)29(36)32-21-8-9-21)34(28)16-23(33-27)20-7-10-26-22(13-20)25(35)11-12-37-26/h3-7,10-13,15-17,21H,8-9,14H2,1-2H3,(H,30,33)(H,32,36). The Hall–Kier alpha value is -4.46. The summed E-state index contributed by atoms with van der Waals surface area (Å²) < 4.78 is 7.48. The molecule has 0 radical (unpaired) electrons. The highest BCUT2D eigenvalue weighted by Crippen LogP contribution is 2.29. The molecule has 0 spiro atoms. The predicted molar refractivity (Wildman–Crippen MR) is 144 cm³/mol. The van der Waals surface area contributed by atoms with Gasteiger partial charge in [-0.1, -0.05) is 26.0 Å². The minimum atomic E-state index is -0.100. The van der Waals surface area contributed by atoms with E-state index in [4.69, 9.17) is 9.40 Å². The highest BCUT2D eigenvalue weighted by molar-refractivity contribution is 5.95. The quantitative estimate of drug-likeness (QED) is 0.326. The summed E-state index contributed by atoms with van der Waals surface area (Å²) in [6, 6.07) is 14.8. The van der Waals surface area contributed by atoms with Crippen molar-refractivity contribution in [2.45, 2.75) is 32.7 Å². The Morgan fingerprint density at radius 1 is 1.11 bits per heavy atom. The Kier molecular flexibility index (Phi) is 5.71. The van der Waals surface area contributed by atoms with Gasteiger partial charge in [-0.05, 0) is 49.1 Å². The normalized spacial score (nSPS) is 13.4. The Balaban J connectivity index is 1.44. The number of anilines is 1. The number of amides is 1. The number of hydrogen-bond donors (Lipinski definition) is 2. The van der Waals surface area contributed by atoms with Gasteiger partial charge < -0.3 is 15.1 Å². The molecule has 8 heteroatoms. The zero-order valence-electron chi connectivity index (χ0n) is 20.7. The molecule has 8 nitrogen and oxygen atoms in total. The Morgan fingerprint density at radius 2 is 1.89 bits per heavy atom. The lowest BCUT2D eigenvalue weighted by Crippen LogP contribution is -2.25. The summed E-state index contributed by atoms with van der Waals surface area (Å²) >= 11 is 0. The SMILES string of the molecule is CC(C)CNc1nc(-c2ccc3occc(=O)c3c2)cn2c(-c3ccc(C(=O)NC4CC4)cc3)cnc12. The molecule has 1 saturated carbocycles. The lowest BCUT2D eigenvalue weighted by atomic mass is 10.1. The molecule has 37 heavy (non-hydrogen) atoms. The Bertz CT molecular complexity index is 1680. The summed E-state index contributed by atoms with van der Waals surface area (Å²) in [6.07, 6.45) is 7.25. The van der Waals surface area contributed by atoms with Crippen molar-refractivity contribution in [2.75, 3.05) is 11.9 Å². The van der Waals surface area contributed by atoms with Gasteiger partial charge in [0.2, 0.25) is 0 Å². The number of nitrogens with one attached hydrogen (secondary N) is 2. The third kappa shape index (κ3) is 4.58. The molecule has 0 unspecified atom stereocenters. The average Bonchev–Trinajstić information content (AvgIpc) is 3.62. The fourth-order valence-corrected chi connectivity index (χ4v) is 4.29. The van der Waals surface area contributed by atoms with Crippen LogP contribution in [0.15, 0.2) is 76.4 Å². The topological polar surface area (TPSA) is 102 Å². The van der Waals surface area contributed by atoms with Gasteiger partial charge in [-0.3, -0.25) is 14.0 Å². The third-order valence-electron chi connectivity index (χ3n) is 6.48. The van der Waals surface area contributed by atoms with Gasteiger partial charge in [-0.15, -0.1) is 0 Å². The van der Waals surface area contributed by atoms with Crippen molar-refractivity contribution in [1.29, 1.82) is 0 Å². The Labute approximate surface area is 213 Å². The number of benzene rings is 2. The molecule has 2 N–H and O–H groups in total. The number of fused-ring (bicyclic) bond motifs is 2. The van der Waals surface area contributed by atoms with Crippen LogP contribution in [-0.2, 0) is 0 Å². The zero-order chi connectivity index (χ0) is 25.5. The number of imidazole rings is 1. The molecule has 0 bridgehead atoms. The maximum absolute atomic E-state index is 12.4. The van der Waals surface area contributed by atoms with Crippen LogP contribution in [0.1, 0.15) is 37.0 Å². The zero-order valence-corrected chi connectivity index (χ0v) is 20.7. The van der Waals surface area contributed by atoms with Crippen molar-refractivity contribution >= 4 is 28.3 Å². The summed E-state index contributed by atoms with van der Waals surface area (Å²) in [4.78, 5) is 34.4. The predicted octanol–water partition coefficient (Wildman–Crippen LogP) is 5.13. The molecule has 186 valence electrons. The molecule has 0 aliphatic heterocycles. The van der Waals surface area contributed by atoms with Gasteiger partial charge >= 0.3 is 0 Å². The smallest absolute Gasteiger partial charge is 0.251 e. The second-order valence-electron chi connectivity index (χ2n) is 9.91. The van der Waals surface area contributed by atoms with Crippen molar-refractivity contribution in [3.05, 3.63) is 83.0 Å². The molecule has 3 heterocycles. The highest BCUT2D eigenvalue weighted by Gasteiger charge is 2.24. The van der Waals surface area contributed by atoms with Crippen LogP contribution in [0.4, 0.5) is 5.82 Å². The van der Waals surface area contributed by atoms with Crippen LogP contribution in [-0.4, -0.2) is 32.9 Å². The fourth-order valence-electron chi connectivity index (χ4n) is 4.29. The molecule has 2 aromatic carbocycles. The molecule has 1 aliphatic carbocycles. The van der Waals surface area contributed by atoms with Crippen LogP contribution < -0.4 is 16.1 Å². The van der Waals surface area contributed by atoms with Gasteiger partial charge in [0.15, 0.2) is 16.9 Å². The number of aromatic nitrogens is 3. The van der Waals surface area contributed by atoms with E-state index in [1.165, 1.54) is 12.3 Å². The van der Waals surface area contributed by atoms with Crippen molar-refractivity contribution in [1.82, 2.24) is 19.7 Å². The number of rotatable bonds is 7. The molecule has 1 fully saturated rings. The first-order chi connectivity index (χ1) is 18.0. The molecule has 1 amide bonds. The van der Waals surface area contributed by atoms with Gasteiger partial charge in [-0.2, -0.15) is 0 Å². The number of carbonyl (C=O) groups excluding carboxylic acids is 1. The first kappa shape index (κ1) is 23.0. The van der Waals surface area contributed by atoms with Crippen LogP contribution in [0.25, 0.3) is 39.1 Å². The van der Waals surface area contributed by atoms with Crippen LogP contribution in [0.3, 0.4) is 0 Å². The van der Waals surface area contributed by atoms with E-state index >= 15 is 0 Å². The van der Waals surface area contributed by atoms with Gasteiger partial charge in [0, 0.05) is 41.5 Å². The van der Waals surface area contributed by atoms with Crippen molar-refractivity contribution in [2.24, 2.45) is 5.92 Å². The van der Waals surface area contributed by atoms with Crippen LogP contribution >= 0.6 is 0 Å². The van der Waals surface area contributed by atoms with Gasteiger partial charge in [0.05, 0.1) is 29.2 Å². The van der Waals surface area contributed by atoms with Crippen LogP contribution in [0, 0.1) is 5.92 Å². The summed E-state index contributed by atoms with van der Waals surface area (Å²) in [7, 11) is 0. The number of carbonyl (C=O) groups is 1. The molecule has 5 aromatic rings. The van der Waals surface area contributed by atoms with Crippen molar-refractivity contribution in [3.63, 3.8) is 0 Å². The maximum atomic E-state index is 12.4. The fraction of sp³-hybridized carbons (Fsp3) is 0.241. The molecular formula is C29H27N5O3. The number of nitrogens with zero attached hydrogens (tertiary/aromatic N) is 3. The average molecular weight is 494 g/mol. The van der Waals surface area contributed by atoms with E-state index in [1.54, 1.807) is 6.07 Å². The van der Waals surface area contributed by atoms with Crippen LogP contribution in [0.2, 0.25) is 0 Å². The van der Waals surface area contributed by atoms with Gasteiger partial charge in [0.25, 0.3) is 5.91 Å². The van der Waals surface area contributed by atoms with Crippen molar-refractivity contribution < 1.29 is 9.21 Å². The maximum Gasteiger partial charge on any atom is 0.251 e. The van der Waals surface area contributed by atoms with E-state index in [-0.39, 0.29) is 11.3 Å². The van der Waals surface area contributed by atoms with E-state index in [1.807, 2.05) is 53.2 Å². The largest absolute Gasteiger partial charge is 0.464 e. The monoisotopic (exact) mass is 493 g/mol. The van der Waals surface area contributed by atoms with Gasteiger partial charge in [0.1, 0.15) is 5.58 Å². The molecule has 1 aliphatic rings. The molecule has 0 saturated heterocycles. The lowest BCUT2D eigenvalue weighted by Gasteiger charge is -2.13. The van der Waals surface area contributed by atoms with Crippen molar-refractivity contribution in [3.8, 4) is 22.5 Å². The van der Waals surface area contributed by atoms with E-state index < -0.39 is 0 Å². The van der Waals surface area contributed by atoms with Crippen LogP contribution in [0.5, 0.6) is 0 Å². The summed E-state index contributed by atoms with van der Waals surface area (Å²) in [5.74, 6) is 1.04. The highest BCUT2D eigenvalue weighted by atomic mass is 16.3. The molecule has 3 aromatic heterocycles. The second-order valence-corrected chi connectivity index (χ2v) is 9.91. The van der Waals surface area contributed by atoms with E-state index in [9.17, 15) is 9.59 Å². The van der Waals surface area contributed by atoms with E-state index in [0.717, 1.165) is 36.2 Å². The minimum absolute atomic E-state index is 0.0420. The first-order valence-electron chi connectivity index (χ1n) is 12.5. The van der Waals surface area contributed by atoms with E-state index in [0.29, 0.717) is 45.7 Å². The molecule has 6 rings (SSSR count). The minimum Gasteiger partial charge on any atom is -0.464 e. The second kappa shape index (κ2) is 9.20. The van der Waals surface area contributed by atoms with Gasteiger partial charge in [-0.25, -0.2) is 9.97 Å². The molecule has 0 atom stereocenters. The van der Waals surface area contributed by atoms with E-state index in [2.05, 4.69) is 29.5 Å².